The van der Waals surface area contributed by atoms with Gasteiger partial charge in [-0.1, -0.05) is 0 Å². The van der Waals surface area contributed by atoms with Gasteiger partial charge in [-0.3, -0.25) is 4.98 Å². The van der Waals surface area contributed by atoms with Crippen LogP contribution in [-0.4, -0.2) is 26.6 Å². The third kappa shape index (κ3) is 3.13. The Morgan fingerprint density at radius 3 is 2.80 bits per heavy atom. The molecule has 1 aliphatic carbocycles. The summed E-state index contributed by atoms with van der Waals surface area (Å²) in [6, 6.07) is 7.35. The Morgan fingerprint density at radius 1 is 1.20 bits per heavy atom. The predicted octanol–water partition coefficient (Wildman–Crippen LogP) is 2.94. The number of anilines is 1. The van der Waals surface area contributed by atoms with Gasteiger partial charge in [-0.15, -0.1) is 0 Å². The number of aliphatic hydroxyl groups is 1. The Labute approximate surface area is 146 Å². The van der Waals surface area contributed by atoms with E-state index in [9.17, 15) is 5.11 Å². The molecule has 25 heavy (non-hydrogen) atoms. The number of aryl methyl sites for hydroxylation is 1. The Balaban J connectivity index is 1.64. The van der Waals surface area contributed by atoms with Crippen molar-refractivity contribution in [1.82, 2.24) is 15.0 Å². The standard InChI is InChI=1S/C19H20N4O2/c1-19(24,16-6-3-11-25-16)12-21-18-14-4-2-5-15(14)22-17(23-18)13-7-9-20-10-8-13/h3,6-11,24H,2,4-5,12H2,1H3,(H,21,22,23). The first-order chi connectivity index (χ1) is 12.1. The van der Waals surface area contributed by atoms with E-state index in [1.807, 2.05) is 12.1 Å². The summed E-state index contributed by atoms with van der Waals surface area (Å²) in [5.74, 6) is 2.00. The SMILES string of the molecule is CC(O)(CNc1nc(-c2ccncc2)nc2c1CCC2)c1ccco1. The van der Waals surface area contributed by atoms with Crippen molar-refractivity contribution < 1.29 is 9.52 Å². The largest absolute Gasteiger partial charge is 0.466 e. The zero-order valence-electron chi connectivity index (χ0n) is 14.1. The number of aromatic nitrogens is 3. The monoisotopic (exact) mass is 336 g/mol. The number of furan rings is 1. The van der Waals surface area contributed by atoms with Crippen LogP contribution in [0.5, 0.6) is 0 Å². The summed E-state index contributed by atoms with van der Waals surface area (Å²) in [5, 5.41) is 14.0. The van der Waals surface area contributed by atoms with Crippen LogP contribution in [0.3, 0.4) is 0 Å². The fourth-order valence-corrected chi connectivity index (χ4v) is 3.14. The van der Waals surface area contributed by atoms with Gasteiger partial charge < -0.3 is 14.8 Å². The Hall–Kier alpha value is -2.73. The minimum Gasteiger partial charge on any atom is -0.466 e. The van der Waals surface area contributed by atoms with Crippen LogP contribution in [-0.2, 0) is 18.4 Å². The van der Waals surface area contributed by atoms with Gasteiger partial charge in [0.05, 0.1) is 12.8 Å². The highest BCUT2D eigenvalue weighted by molar-refractivity contribution is 5.60. The Kier molecular flexibility index (Phi) is 3.97. The lowest BCUT2D eigenvalue weighted by Crippen LogP contribution is -2.31. The van der Waals surface area contributed by atoms with Gasteiger partial charge in [0.2, 0.25) is 0 Å². The lowest BCUT2D eigenvalue weighted by Gasteiger charge is -2.22. The molecule has 1 unspecified atom stereocenters. The number of nitrogens with zero attached hydrogens (tertiary/aromatic N) is 3. The Bertz CT molecular complexity index is 861. The van der Waals surface area contributed by atoms with Crippen molar-refractivity contribution in [3.63, 3.8) is 0 Å². The van der Waals surface area contributed by atoms with Crippen molar-refractivity contribution >= 4 is 5.82 Å². The van der Waals surface area contributed by atoms with Crippen molar-refractivity contribution in [3.05, 3.63) is 59.9 Å². The molecule has 128 valence electrons. The van der Waals surface area contributed by atoms with Gasteiger partial charge in [0.15, 0.2) is 5.82 Å². The van der Waals surface area contributed by atoms with Crippen LogP contribution in [0, 0.1) is 0 Å². The molecule has 0 spiro atoms. The number of rotatable bonds is 5. The molecule has 3 heterocycles. The van der Waals surface area contributed by atoms with Crippen molar-refractivity contribution in [3.8, 4) is 11.4 Å². The van der Waals surface area contributed by atoms with Crippen LogP contribution < -0.4 is 5.32 Å². The minimum atomic E-state index is -1.11. The van der Waals surface area contributed by atoms with Gasteiger partial charge in [0, 0.05) is 29.2 Å². The molecule has 0 amide bonds. The van der Waals surface area contributed by atoms with E-state index in [0.29, 0.717) is 18.1 Å². The zero-order chi connectivity index (χ0) is 17.3. The molecule has 3 aromatic rings. The maximum atomic E-state index is 10.7. The third-order valence-corrected chi connectivity index (χ3v) is 4.52. The van der Waals surface area contributed by atoms with E-state index < -0.39 is 5.60 Å². The van der Waals surface area contributed by atoms with E-state index in [1.165, 1.54) is 0 Å². The topological polar surface area (TPSA) is 84.1 Å². The van der Waals surface area contributed by atoms with Crippen LogP contribution in [0.25, 0.3) is 11.4 Å². The highest BCUT2D eigenvalue weighted by Gasteiger charge is 2.27. The highest BCUT2D eigenvalue weighted by Crippen LogP contribution is 2.30. The van der Waals surface area contributed by atoms with Gasteiger partial charge in [-0.2, -0.15) is 0 Å². The lowest BCUT2D eigenvalue weighted by molar-refractivity contribution is 0.0475. The average molecular weight is 336 g/mol. The van der Waals surface area contributed by atoms with Crippen LogP contribution in [0.4, 0.5) is 5.82 Å². The van der Waals surface area contributed by atoms with Crippen LogP contribution in [0.15, 0.2) is 47.3 Å². The molecule has 0 aliphatic heterocycles. The molecule has 3 aromatic heterocycles. The predicted molar refractivity (Wildman–Crippen MR) is 94.1 cm³/mol. The van der Waals surface area contributed by atoms with E-state index in [-0.39, 0.29) is 0 Å². The van der Waals surface area contributed by atoms with Crippen molar-refractivity contribution in [1.29, 1.82) is 0 Å². The average Bonchev–Trinajstić information content (AvgIpc) is 3.32. The summed E-state index contributed by atoms with van der Waals surface area (Å²) >= 11 is 0. The van der Waals surface area contributed by atoms with Crippen molar-refractivity contribution in [2.75, 3.05) is 11.9 Å². The second-order valence-electron chi connectivity index (χ2n) is 6.52. The second kappa shape index (κ2) is 6.29. The number of hydrogen-bond donors (Lipinski definition) is 2. The number of pyridine rings is 1. The van der Waals surface area contributed by atoms with E-state index in [0.717, 1.165) is 41.9 Å². The minimum absolute atomic E-state index is 0.305. The molecule has 2 N–H and O–H groups in total. The lowest BCUT2D eigenvalue weighted by atomic mass is 10.0. The van der Waals surface area contributed by atoms with Crippen LogP contribution >= 0.6 is 0 Å². The van der Waals surface area contributed by atoms with Gasteiger partial charge in [0.25, 0.3) is 0 Å². The van der Waals surface area contributed by atoms with Crippen LogP contribution in [0.1, 0.15) is 30.4 Å². The molecule has 6 nitrogen and oxygen atoms in total. The molecule has 0 radical (unpaired) electrons. The number of fused-ring (bicyclic) bond motifs is 1. The van der Waals surface area contributed by atoms with Gasteiger partial charge >= 0.3 is 0 Å². The molecular weight excluding hydrogens is 316 g/mol. The first-order valence-electron chi connectivity index (χ1n) is 8.44. The summed E-state index contributed by atoms with van der Waals surface area (Å²) in [5.41, 5.74) is 2.05. The molecule has 1 atom stereocenters. The van der Waals surface area contributed by atoms with Gasteiger partial charge in [-0.25, -0.2) is 9.97 Å². The first-order valence-corrected chi connectivity index (χ1v) is 8.44. The summed E-state index contributed by atoms with van der Waals surface area (Å²) in [6.45, 7) is 2.03. The van der Waals surface area contributed by atoms with Crippen LogP contribution in [0.2, 0.25) is 0 Å². The molecular formula is C19H20N4O2. The summed E-state index contributed by atoms with van der Waals surface area (Å²) in [4.78, 5) is 13.5. The summed E-state index contributed by atoms with van der Waals surface area (Å²) in [6.07, 6.45) is 8.03. The maximum Gasteiger partial charge on any atom is 0.161 e. The molecule has 4 rings (SSSR count). The Morgan fingerprint density at radius 2 is 2.04 bits per heavy atom. The fourth-order valence-electron chi connectivity index (χ4n) is 3.14. The summed E-state index contributed by atoms with van der Waals surface area (Å²) < 4.78 is 5.34. The van der Waals surface area contributed by atoms with E-state index >= 15 is 0 Å². The van der Waals surface area contributed by atoms with Gasteiger partial charge in [0.1, 0.15) is 17.2 Å². The molecule has 1 aliphatic rings. The molecule has 0 aromatic carbocycles. The zero-order valence-corrected chi connectivity index (χ0v) is 14.1. The number of nitrogens with one attached hydrogen (secondary N) is 1. The second-order valence-corrected chi connectivity index (χ2v) is 6.52. The molecule has 0 saturated carbocycles. The highest BCUT2D eigenvalue weighted by atomic mass is 16.4. The first kappa shape index (κ1) is 15.8. The maximum absolute atomic E-state index is 10.7. The molecule has 0 saturated heterocycles. The molecule has 6 heteroatoms. The normalized spacial score (nSPS) is 15.6. The smallest absolute Gasteiger partial charge is 0.161 e. The molecule has 0 fully saturated rings. The van der Waals surface area contributed by atoms with Crippen molar-refractivity contribution in [2.24, 2.45) is 0 Å². The van der Waals surface area contributed by atoms with E-state index in [4.69, 9.17) is 14.4 Å². The quantitative estimate of drug-likeness (QED) is 0.745. The third-order valence-electron chi connectivity index (χ3n) is 4.52. The summed E-state index contributed by atoms with van der Waals surface area (Å²) in [7, 11) is 0. The van der Waals surface area contributed by atoms with E-state index in [2.05, 4.69) is 10.3 Å². The van der Waals surface area contributed by atoms with Gasteiger partial charge in [-0.05, 0) is 50.5 Å². The van der Waals surface area contributed by atoms with E-state index in [1.54, 1.807) is 37.7 Å². The number of hydrogen-bond acceptors (Lipinski definition) is 6. The fraction of sp³-hybridized carbons (Fsp3) is 0.316. The van der Waals surface area contributed by atoms with Crippen molar-refractivity contribution in [2.45, 2.75) is 31.8 Å². The molecule has 0 bridgehead atoms.